The van der Waals surface area contributed by atoms with Gasteiger partial charge in [-0.1, -0.05) is 23.7 Å². The summed E-state index contributed by atoms with van der Waals surface area (Å²) in [5.41, 5.74) is 10.3. The van der Waals surface area contributed by atoms with Crippen LogP contribution >= 0.6 is 11.6 Å². The Labute approximate surface area is 128 Å². The fourth-order valence-electron chi connectivity index (χ4n) is 2.84. The van der Waals surface area contributed by atoms with Crippen molar-refractivity contribution in [2.45, 2.75) is 26.8 Å². The van der Waals surface area contributed by atoms with Gasteiger partial charge in [-0.3, -0.25) is 0 Å². The molecule has 1 unspecified atom stereocenters. The third-order valence-corrected chi connectivity index (χ3v) is 4.32. The maximum absolute atomic E-state index is 6.11. The highest BCUT2D eigenvalue weighted by atomic mass is 35.5. The first-order valence-electron chi connectivity index (χ1n) is 6.83. The molecule has 0 spiro atoms. The summed E-state index contributed by atoms with van der Waals surface area (Å²) in [5, 5.41) is 1.67. The second kappa shape index (κ2) is 5.04. The Kier molecular flexibility index (Phi) is 3.33. The van der Waals surface area contributed by atoms with E-state index in [1.54, 1.807) is 0 Å². The number of benzene rings is 1. The molecule has 3 rings (SSSR count). The molecule has 21 heavy (non-hydrogen) atoms. The lowest BCUT2D eigenvalue weighted by atomic mass is 10.1. The number of aromatic nitrogens is 3. The van der Waals surface area contributed by atoms with Crippen LogP contribution in [0.15, 0.2) is 30.6 Å². The number of anilines is 1. The Morgan fingerprint density at radius 1 is 1.24 bits per heavy atom. The van der Waals surface area contributed by atoms with Crippen molar-refractivity contribution in [2.75, 3.05) is 5.73 Å². The van der Waals surface area contributed by atoms with Crippen molar-refractivity contribution < 1.29 is 0 Å². The lowest BCUT2D eigenvalue weighted by Crippen LogP contribution is -2.09. The lowest BCUT2D eigenvalue weighted by molar-refractivity contribution is 0.639. The van der Waals surface area contributed by atoms with Gasteiger partial charge in [0.05, 0.1) is 11.4 Å². The third kappa shape index (κ3) is 2.16. The highest BCUT2D eigenvalue weighted by Crippen LogP contribution is 2.32. The summed E-state index contributed by atoms with van der Waals surface area (Å²) >= 11 is 6.11. The zero-order valence-electron chi connectivity index (χ0n) is 12.3. The molecular weight excluding hydrogens is 284 g/mol. The van der Waals surface area contributed by atoms with Crippen molar-refractivity contribution in [1.29, 1.82) is 0 Å². The van der Waals surface area contributed by atoms with Gasteiger partial charge in [-0.05, 0) is 44.0 Å². The summed E-state index contributed by atoms with van der Waals surface area (Å²) in [5.74, 6) is 0.526. The van der Waals surface area contributed by atoms with Crippen LogP contribution < -0.4 is 5.73 Å². The van der Waals surface area contributed by atoms with Gasteiger partial charge in [0.25, 0.3) is 0 Å². The van der Waals surface area contributed by atoms with Crippen molar-refractivity contribution in [1.82, 2.24) is 14.5 Å². The topological polar surface area (TPSA) is 56.7 Å². The molecule has 0 aliphatic carbocycles. The molecule has 1 atom stereocenters. The van der Waals surface area contributed by atoms with Crippen molar-refractivity contribution in [3.8, 4) is 0 Å². The maximum atomic E-state index is 6.11. The molecule has 0 aliphatic heterocycles. The van der Waals surface area contributed by atoms with Crippen molar-refractivity contribution in [3.63, 3.8) is 0 Å². The quantitative estimate of drug-likeness (QED) is 0.781. The highest BCUT2D eigenvalue weighted by molar-refractivity contribution is 6.30. The molecule has 5 heteroatoms. The van der Waals surface area contributed by atoms with Crippen LogP contribution in [0.1, 0.15) is 29.8 Å². The van der Waals surface area contributed by atoms with Crippen LogP contribution in [0.3, 0.4) is 0 Å². The predicted molar refractivity (Wildman–Crippen MR) is 86.7 cm³/mol. The number of nitrogens with zero attached hydrogens (tertiary/aromatic N) is 3. The van der Waals surface area contributed by atoms with Gasteiger partial charge in [0, 0.05) is 10.7 Å². The average molecular weight is 301 g/mol. The van der Waals surface area contributed by atoms with Crippen LogP contribution in [0.4, 0.5) is 5.82 Å². The monoisotopic (exact) mass is 300 g/mol. The largest absolute Gasteiger partial charge is 0.383 e. The fraction of sp³-hybridized carbons (Fsp3) is 0.250. The zero-order valence-corrected chi connectivity index (χ0v) is 13.0. The van der Waals surface area contributed by atoms with Gasteiger partial charge < -0.3 is 10.3 Å². The molecule has 0 radical (unpaired) electrons. The summed E-state index contributed by atoms with van der Waals surface area (Å²) in [6.07, 6.45) is 1.51. The Bertz CT molecular complexity index is 823. The van der Waals surface area contributed by atoms with Gasteiger partial charge in [-0.2, -0.15) is 0 Å². The first kappa shape index (κ1) is 13.9. The van der Waals surface area contributed by atoms with Crippen molar-refractivity contribution in [3.05, 3.63) is 52.4 Å². The number of halogens is 1. The van der Waals surface area contributed by atoms with Crippen LogP contribution in [-0.2, 0) is 0 Å². The van der Waals surface area contributed by atoms with E-state index in [1.165, 1.54) is 6.33 Å². The van der Waals surface area contributed by atoms with Gasteiger partial charge in [0.2, 0.25) is 0 Å². The highest BCUT2D eigenvalue weighted by Gasteiger charge is 2.19. The van der Waals surface area contributed by atoms with E-state index in [0.29, 0.717) is 5.82 Å². The second-order valence-electron chi connectivity index (χ2n) is 5.27. The number of hydrogen-bond acceptors (Lipinski definition) is 3. The molecule has 2 heterocycles. The number of rotatable bonds is 2. The molecule has 0 bridgehead atoms. The molecule has 0 saturated carbocycles. The minimum absolute atomic E-state index is 0.120. The van der Waals surface area contributed by atoms with E-state index in [2.05, 4.69) is 41.4 Å². The minimum atomic E-state index is 0.120. The van der Waals surface area contributed by atoms with Crippen LogP contribution in [0.25, 0.3) is 11.0 Å². The van der Waals surface area contributed by atoms with E-state index in [1.807, 2.05) is 18.2 Å². The molecule has 0 aliphatic rings. The molecule has 2 N–H and O–H groups in total. The molecule has 3 aromatic rings. The van der Waals surface area contributed by atoms with Gasteiger partial charge >= 0.3 is 0 Å². The molecule has 108 valence electrons. The number of nitrogen functional groups attached to an aromatic ring is 1. The molecule has 4 nitrogen and oxygen atoms in total. The Balaban J connectivity index is 2.25. The minimum Gasteiger partial charge on any atom is -0.383 e. The number of hydrogen-bond donors (Lipinski definition) is 1. The van der Waals surface area contributed by atoms with Crippen LogP contribution in [0, 0.1) is 13.8 Å². The zero-order chi connectivity index (χ0) is 15.1. The standard InChI is InChI=1S/C16H17ClN4/c1-9-10(2)21(16-14(9)15(18)19-8-20-16)11(3)12-5-4-6-13(17)7-12/h4-8,11H,1-3H3,(H2,18,19,20). The van der Waals surface area contributed by atoms with Gasteiger partial charge in [0.15, 0.2) is 0 Å². The fourth-order valence-corrected chi connectivity index (χ4v) is 3.04. The molecule has 0 amide bonds. The van der Waals surface area contributed by atoms with Gasteiger partial charge in [-0.25, -0.2) is 9.97 Å². The molecule has 2 aromatic heterocycles. The van der Waals surface area contributed by atoms with E-state index in [9.17, 15) is 0 Å². The number of fused-ring (bicyclic) bond motifs is 1. The average Bonchev–Trinajstić information content (AvgIpc) is 2.71. The van der Waals surface area contributed by atoms with Gasteiger partial charge in [-0.15, -0.1) is 0 Å². The first-order chi connectivity index (χ1) is 10.0. The van der Waals surface area contributed by atoms with Crippen LogP contribution in [0.5, 0.6) is 0 Å². The van der Waals surface area contributed by atoms with Crippen molar-refractivity contribution in [2.24, 2.45) is 0 Å². The number of nitrogens with two attached hydrogens (primary N) is 1. The van der Waals surface area contributed by atoms with Crippen LogP contribution in [-0.4, -0.2) is 14.5 Å². The van der Waals surface area contributed by atoms with E-state index < -0.39 is 0 Å². The summed E-state index contributed by atoms with van der Waals surface area (Å²) in [6.45, 7) is 6.27. The van der Waals surface area contributed by atoms with Crippen molar-refractivity contribution >= 4 is 28.5 Å². The third-order valence-electron chi connectivity index (χ3n) is 4.08. The maximum Gasteiger partial charge on any atom is 0.146 e. The molecule has 0 saturated heterocycles. The van der Waals surface area contributed by atoms with E-state index in [-0.39, 0.29) is 6.04 Å². The van der Waals surface area contributed by atoms with E-state index >= 15 is 0 Å². The Morgan fingerprint density at radius 2 is 2.00 bits per heavy atom. The van der Waals surface area contributed by atoms with E-state index in [4.69, 9.17) is 17.3 Å². The smallest absolute Gasteiger partial charge is 0.146 e. The number of aryl methyl sites for hydroxylation is 1. The normalized spacial score (nSPS) is 12.8. The van der Waals surface area contributed by atoms with Crippen LogP contribution in [0.2, 0.25) is 5.02 Å². The predicted octanol–water partition coefficient (Wildman–Crippen LogP) is 3.89. The Hall–Kier alpha value is -2.07. The second-order valence-corrected chi connectivity index (χ2v) is 5.71. The molecule has 1 aromatic carbocycles. The summed E-state index contributed by atoms with van der Waals surface area (Å²) in [6, 6.07) is 8.02. The SMILES string of the molecule is Cc1c(C)n(C(C)c2cccc(Cl)c2)c2ncnc(N)c12. The molecule has 0 fully saturated rings. The summed E-state index contributed by atoms with van der Waals surface area (Å²) in [7, 11) is 0. The summed E-state index contributed by atoms with van der Waals surface area (Å²) < 4.78 is 2.19. The summed E-state index contributed by atoms with van der Waals surface area (Å²) in [4.78, 5) is 8.53. The Morgan fingerprint density at radius 3 is 2.71 bits per heavy atom. The molecular formula is C16H17ClN4. The first-order valence-corrected chi connectivity index (χ1v) is 7.21. The van der Waals surface area contributed by atoms with E-state index in [0.717, 1.165) is 32.9 Å². The lowest BCUT2D eigenvalue weighted by Gasteiger charge is -2.18. The van der Waals surface area contributed by atoms with Gasteiger partial charge in [0.1, 0.15) is 17.8 Å².